The topological polar surface area (TPSA) is 28.7 Å². The lowest BCUT2D eigenvalue weighted by Crippen LogP contribution is -2.47. The highest BCUT2D eigenvalue weighted by Crippen LogP contribution is 2.31. The van der Waals surface area contributed by atoms with E-state index in [1.807, 2.05) is 18.2 Å². The van der Waals surface area contributed by atoms with E-state index < -0.39 is 0 Å². The molecule has 0 N–H and O–H groups in total. The van der Waals surface area contributed by atoms with Crippen LogP contribution in [-0.2, 0) is 4.74 Å². The van der Waals surface area contributed by atoms with Crippen LogP contribution in [0.2, 0.25) is 15.1 Å². The molecule has 0 saturated carbocycles. The highest BCUT2D eigenvalue weighted by Gasteiger charge is 2.21. The van der Waals surface area contributed by atoms with Crippen molar-refractivity contribution in [1.82, 2.24) is 14.7 Å². The van der Waals surface area contributed by atoms with Crippen LogP contribution in [0.5, 0.6) is 0 Å². The van der Waals surface area contributed by atoms with Gasteiger partial charge in [0.25, 0.3) is 0 Å². The first-order valence-corrected chi connectivity index (χ1v) is 19.0. The van der Waals surface area contributed by atoms with E-state index in [4.69, 9.17) is 39.5 Å². The Balaban J connectivity index is 0.000000172. The van der Waals surface area contributed by atoms with E-state index in [1.165, 1.54) is 24.6 Å². The van der Waals surface area contributed by atoms with Gasteiger partial charge in [0.2, 0.25) is 0 Å². The molecule has 0 aliphatic carbocycles. The Hall–Kier alpha value is -2.44. The molecule has 0 amide bonds. The van der Waals surface area contributed by atoms with Crippen LogP contribution in [0.25, 0.3) is 0 Å². The monoisotopic (exact) mass is 770 g/mol. The summed E-state index contributed by atoms with van der Waals surface area (Å²) in [5, 5.41) is 0.715. The van der Waals surface area contributed by atoms with Gasteiger partial charge in [-0.15, -0.1) is 0 Å². The highest BCUT2D eigenvalue weighted by atomic mass is 35.5. The Morgan fingerprint density at radius 1 is 0.510 bits per heavy atom. The molecule has 0 aromatic heterocycles. The maximum Gasteiger partial charge on any atom is 0.143 e. The summed E-state index contributed by atoms with van der Waals surface area (Å²) in [6.07, 6.45) is 1.18. The van der Waals surface area contributed by atoms with Gasteiger partial charge in [-0.1, -0.05) is 66.8 Å². The van der Waals surface area contributed by atoms with E-state index in [0.717, 1.165) is 122 Å². The summed E-state index contributed by atoms with van der Waals surface area (Å²) in [6, 6.07) is 15.0. The number of hydrogen-bond acceptors (Lipinski definition) is 7. The van der Waals surface area contributed by atoms with Crippen molar-refractivity contribution in [2.24, 2.45) is 0 Å². The number of halogens is 6. The maximum atomic E-state index is 13.4. The van der Waals surface area contributed by atoms with E-state index in [9.17, 15) is 13.2 Å². The lowest BCUT2D eigenvalue weighted by atomic mass is 10.2. The molecule has 0 bridgehead atoms. The smallest absolute Gasteiger partial charge is 0.143 e. The average molecular weight is 772 g/mol. The van der Waals surface area contributed by atoms with Gasteiger partial charge < -0.3 is 24.3 Å². The molecular weight excluding hydrogens is 720 g/mol. The second-order valence-electron chi connectivity index (χ2n) is 12.8. The largest absolute Gasteiger partial charge is 0.383 e. The summed E-state index contributed by atoms with van der Waals surface area (Å²) < 4.78 is 45.1. The summed E-state index contributed by atoms with van der Waals surface area (Å²) in [5.41, 5.74) is 2.43. The highest BCUT2D eigenvalue weighted by molar-refractivity contribution is 6.34. The standard InChI is InChI=1S/C13H18ClFN2O.C13H18ClFN2.C12H16ClFN2/c1-18-10-9-16-5-7-17(8-6-16)12-4-2-3-11(15)13(12)14;1-2-6-16-7-9-17(10-8-16)12-5-3-4-11(15)13(12)14;1-2-15-6-8-16(9-7-15)11-5-3-4-10(14)12(11)13/h2-4H,5-10H2,1H3;3-5H,2,6-10H2,1H3;3-5H,2,6-9H2,1H3. The van der Waals surface area contributed by atoms with Crippen LogP contribution in [0.15, 0.2) is 54.6 Å². The van der Waals surface area contributed by atoms with Crippen LogP contribution in [0.4, 0.5) is 30.2 Å². The summed E-state index contributed by atoms with van der Waals surface area (Å²) in [7, 11) is 1.71. The van der Waals surface area contributed by atoms with Gasteiger partial charge >= 0.3 is 0 Å². The predicted octanol–water partition coefficient (Wildman–Crippen LogP) is 7.88. The number of benzene rings is 3. The lowest BCUT2D eigenvalue weighted by Gasteiger charge is -2.36. The zero-order valence-electron chi connectivity index (χ0n) is 30.1. The van der Waals surface area contributed by atoms with Crippen molar-refractivity contribution in [3.8, 4) is 0 Å². The Labute approximate surface area is 317 Å². The van der Waals surface area contributed by atoms with Gasteiger partial charge in [0.05, 0.1) is 38.7 Å². The SMILES string of the molecule is CCCN1CCN(c2cccc(F)c2Cl)CC1.CCN1CCN(c2cccc(F)c2Cl)CC1.COCCN1CCN(c2cccc(F)c2Cl)CC1. The van der Waals surface area contributed by atoms with E-state index >= 15 is 0 Å². The molecule has 13 heteroatoms. The predicted molar refractivity (Wildman–Crippen MR) is 208 cm³/mol. The molecule has 51 heavy (non-hydrogen) atoms. The average Bonchev–Trinajstić information content (AvgIpc) is 3.15. The Morgan fingerprint density at radius 2 is 0.843 bits per heavy atom. The van der Waals surface area contributed by atoms with Gasteiger partial charge in [0, 0.05) is 92.2 Å². The van der Waals surface area contributed by atoms with Crippen LogP contribution in [0.3, 0.4) is 0 Å². The first-order valence-electron chi connectivity index (χ1n) is 17.9. The first-order chi connectivity index (χ1) is 24.7. The second kappa shape index (κ2) is 21.3. The molecule has 0 atom stereocenters. The molecule has 0 spiro atoms. The van der Waals surface area contributed by atoms with Gasteiger partial charge in [0.1, 0.15) is 17.5 Å². The van der Waals surface area contributed by atoms with E-state index in [0.29, 0.717) is 0 Å². The van der Waals surface area contributed by atoms with E-state index in [2.05, 4.69) is 43.2 Å². The fourth-order valence-electron chi connectivity index (χ4n) is 6.48. The molecule has 0 radical (unpaired) electrons. The van der Waals surface area contributed by atoms with Gasteiger partial charge in [-0.05, 0) is 55.9 Å². The second-order valence-corrected chi connectivity index (χ2v) is 13.9. The third-order valence-corrected chi connectivity index (χ3v) is 10.7. The quantitative estimate of drug-likeness (QED) is 0.219. The number of rotatable bonds is 9. The molecule has 3 aromatic carbocycles. The molecule has 3 fully saturated rings. The fraction of sp³-hybridized carbons (Fsp3) is 0.526. The van der Waals surface area contributed by atoms with Gasteiger partial charge in [0.15, 0.2) is 0 Å². The van der Waals surface area contributed by atoms with Crippen LogP contribution >= 0.6 is 34.8 Å². The third-order valence-electron chi connectivity index (χ3n) is 9.53. The Morgan fingerprint density at radius 3 is 1.16 bits per heavy atom. The van der Waals surface area contributed by atoms with Crippen molar-refractivity contribution >= 4 is 51.9 Å². The fourth-order valence-corrected chi connectivity index (χ4v) is 7.21. The van der Waals surface area contributed by atoms with Crippen LogP contribution in [0, 0.1) is 17.5 Å². The molecule has 3 saturated heterocycles. The van der Waals surface area contributed by atoms with E-state index in [-0.39, 0.29) is 32.5 Å². The minimum atomic E-state index is -0.351. The van der Waals surface area contributed by atoms with Crippen molar-refractivity contribution in [3.63, 3.8) is 0 Å². The number of nitrogens with zero attached hydrogens (tertiary/aromatic N) is 6. The van der Waals surface area contributed by atoms with Crippen molar-refractivity contribution in [2.45, 2.75) is 20.3 Å². The van der Waals surface area contributed by atoms with Crippen LogP contribution < -0.4 is 14.7 Å². The zero-order chi connectivity index (χ0) is 36.8. The third kappa shape index (κ3) is 12.0. The molecule has 282 valence electrons. The van der Waals surface area contributed by atoms with Crippen molar-refractivity contribution in [3.05, 3.63) is 87.1 Å². The summed E-state index contributed by atoms with van der Waals surface area (Å²) in [4.78, 5) is 13.6. The molecule has 3 aliphatic heterocycles. The number of methoxy groups -OCH3 is 1. The van der Waals surface area contributed by atoms with Crippen molar-refractivity contribution in [1.29, 1.82) is 0 Å². The zero-order valence-corrected chi connectivity index (χ0v) is 32.3. The molecular formula is C38H52Cl3F3N6O. The Kier molecular flexibility index (Phi) is 17.3. The van der Waals surface area contributed by atoms with E-state index in [1.54, 1.807) is 25.3 Å². The molecule has 3 heterocycles. The van der Waals surface area contributed by atoms with Crippen molar-refractivity contribution in [2.75, 3.05) is 127 Å². The van der Waals surface area contributed by atoms with Gasteiger partial charge in [-0.25, -0.2) is 13.2 Å². The normalized spacial score (nSPS) is 17.5. The minimum absolute atomic E-state index is 0.225. The lowest BCUT2D eigenvalue weighted by molar-refractivity contribution is 0.144. The van der Waals surface area contributed by atoms with Gasteiger partial charge in [-0.2, -0.15) is 0 Å². The maximum absolute atomic E-state index is 13.4. The molecule has 3 aromatic rings. The summed E-state index contributed by atoms with van der Waals surface area (Å²) in [6.45, 7) is 19.7. The minimum Gasteiger partial charge on any atom is -0.383 e. The summed E-state index contributed by atoms with van der Waals surface area (Å²) in [5.74, 6) is -1.02. The van der Waals surface area contributed by atoms with Crippen LogP contribution in [0.1, 0.15) is 20.3 Å². The molecule has 3 aliphatic rings. The summed E-state index contributed by atoms with van der Waals surface area (Å²) >= 11 is 18.0. The number of ether oxygens (including phenoxy) is 1. The number of piperazine rings is 3. The number of likely N-dealkylation sites (N-methyl/N-ethyl adjacent to an activating group) is 1. The van der Waals surface area contributed by atoms with Gasteiger partial charge in [-0.3, -0.25) is 9.80 Å². The molecule has 6 rings (SSSR count). The first kappa shape index (κ1) is 41.3. The Bertz CT molecular complexity index is 1480. The van der Waals surface area contributed by atoms with Crippen LogP contribution in [-0.4, -0.2) is 127 Å². The molecule has 7 nitrogen and oxygen atoms in total. The number of hydrogen-bond donors (Lipinski definition) is 0. The number of anilines is 3. The molecule has 0 unspecified atom stereocenters. The van der Waals surface area contributed by atoms with Crippen molar-refractivity contribution < 1.29 is 17.9 Å².